The molecule has 2 aliphatic heterocycles. The van der Waals surface area contributed by atoms with Crippen LogP contribution in [0.5, 0.6) is 5.75 Å². The molecule has 2 aromatic carbocycles. The van der Waals surface area contributed by atoms with Crippen molar-refractivity contribution in [3.63, 3.8) is 0 Å². The van der Waals surface area contributed by atoms with Crippen LogP contribution in [0, 0.1) is 5.82 Å². The van der Waals surface area contributed by atoms with E-state index >= 15 is 0 Å². The van der Waals surface area contributed by atoms with Crippen molar-refractivity contribution in [3.8, 4) is 5.75 Å². The maximum atomic E-state index is 13.1. The quantitative estimate of drug-likeness (QED) is 0.839. The Balaban J connectivity index is 1.53. The highest BCUT2D eigenvalue weighted by Crippen LogP contribution is 2.34. The molecule has 0 saturated carbocycles. The zero-order valence-electron chi connectivity index (χ0n) is 16.4. The number of carbonyl (C=O) groups is 3. The van der Waals surface area contributed by atoms with Crippen molar-refractivity contribution in [2.75, 3.05) is 36.5 Å². The van der Waals surface area contributed by atoms with E-state index in [0.29, 0.717) is 35.8 Å². The van der Waals surface area contributed by atoms with Gasteiger partial charge in [-0.15, -0.1) is 0 Å². The first-order valence-corrected chi connectivity index (χ1v) is 9.93. The molecule has 8 heteroatoms. The van der Waals surface area contributed by atoms with Gasteiger partial charge in [0.15, 0.2) is 6.61 Å². The van der Waals surface area contributed by atoms with Crippen molar-refractivity contribution >= 4 is 29.1 Å². The van der Waals surface area contributed by atoms with Crippen molar-refractivity contribution < 1.29 is 23.5 Å². The van der Waals surface area contributed by atoms with E-state index in [1.165, 1.54) is 29.2 Å². The second-order valence-electron chi connectivity index (χ2n) is 7.35. The molecule has 156 valence electrons. The lowest BCUT2D eigenvalue weighted by Gasteiger charge is -2.33. The number of piperidine rings is 1. The predicted octanol–water partition coefficient (Wildman–Crippen LogP) is 2.82. The van der Waals surface area contributed by atoms with Crippen molar-refractivity contribution in [2.24, 2.45) is 0 Å². The van der Waals surface area contributed by atoms with E-state index in [0.717, 1.165) is 19.3 Å². The van der Waals surface area contributed by atoms with E-state index in [-0.39, 0.29) is 25.0 Å². The summed E-state index contributed by atoms with van der Waals surface area (Å²) in [5, 5.41) is 2.73. The van der Waals surface area contributed by atoms with Gasteiger partial charge in [-0.25, -0.2) is 4.39 Å². The van der Waals surface area contributed by atoms with Crippen molar-refractivity contribution in [1.82, 2.24) is 4.90 Å². The molecule has 4 rings (SSSR count). The van der Waals surface area contributed by atoms with Crippen molar-refractivity contribution in [3.05, 3.63) is 53.8 Å². The number of amides is 3. The number of nitrogens with zero attached hydrogens (tertiary/aromatic N) is 2. The van der Waals surface area contributed by atoms with Gasteiger partial charge in [-0.3, -0.25) is 19.3 Å². The number of carbonyl (C=O) groups excluding carboxylic acids is 3. The number of rotatable bonds is 4. The van der Waals surface area contributed by atoms with Gasteiger partial charge in [0.25, 0.3) is 11.8 Å². The van der Waals surface area contributed by atoms with Crippen LogP contribution in [-0.4, -0.2) is 48.9 Å². The van der Waals surface area contributed by atoms with Crippen LogP contribution in [0.3, 0.4) is 0 Å². The molecule has 30 heavy (non-hydrogen) atoms. The van der Waals surface area contributed by atoms with Gasteiger partial charge in [0.2, 0.25) is 5.91 Å². The zero-order valence-corrected chi connectivity index (χ0v) is 16.4. The number of hydrogen-bond acceptors (Lipinski definition) is 4. The number of ether oxygens (including phenoxy) is 1. The summed E-state index contributed by atoms with van der Waals surface area (Å²) in [6, 6.07) is 10.1. The highest BCUT2D eigenvalue weighted by Gasteiger charge is 2.29. The Morgan fingerprint density at radius 3 is 2.50 bits per heavy atom. The average Bonchev–Trinajstić information content (AvgIpc) is 2.76. The van der Waals surface area contributed by atoms with Crippen LogP contribution < -0.4 is 15.0 Å². The van der Waals surface area contributed by atoms with E-state index in [9.17, 15) is 18.8 Å². The van der Waals surface area contributed by atoms with Gasteiger partial charge in [0.05, 0.1) is 5.69 Å². The van der Waals surface area contributed by atoms with Gasteiger partial charge < -0.3 is 15.0 Å². The lowest BCUT2D eigenvalue weighted by Crippen LogP contribution is -2.47. The van der Waals surface area contributed by atoms with Gasteiger partial charge in [0, 0.05) is 24.3 Å². The molecule has 0 bridgehead atoms. The Morgan fingerprint density at radius 2 is 1.77 bits per heavy atom. The number of halogens is 1. The zero-order chi connectivity index (χ0) is 21.1. The summed E-state index contributed by atoms with van der Waals surface area (Å²) < 4.78 is 18.6. The van der Waals surface area contributed by atoms with Crippen LogP contribution >= 0.6 is 0 Å². The highest BCUT2D eigenvalue weighted by molar-refractivity contribution is 6.06. The predicted molar refractivity (Wildman–Crippen MR) is 109 cm³/mol. The molecule has 0 unspecified atom stereocenters. The van der Waals surface area contributed by atoms with Crippen LogP contribution in [0.25, 0.3) is 0 Å². The third-order valence-electron chi connectivity index (χ3n) is 5.27. The molecule has 0 spiro atoms. The highest BCUT2D eigenvalue weighted by atomic mass is 19.1. The first-order chi connectivity index (χ1) is 14.5. The number of benzene rings is 2. The van der Waals surface area contributed by atoms with Crippen LogP contribution in [0.15, 0.2) is 42.5 Å². The summed E-state index contributed by atoms with van der Waals surface area (Å²) in [6.07, 6.45) is 3.05. The molecule has 2 heterocycles. The second-order valence-corrected chi connectivity index (χ2v) is 7.35. The van der Waals surface area contributed by atoms with Gasteiger partial charge in [-0.1, -0.05) is 0 Å². The summed E-state index contributed by atoms with van der Waals surface area (Å²) in [5.74, 6) is -0.772. The fourth-order valence-electron chi connectivity index (χ4n) is 3.64. The summed E-state index contributed by atoms with van der Waals surface area (Å²) in [4.78, 5) is 40.8. The third kappa shape index (κ3) is 4.27. The second kappa shape index (κ2) is 8.52. The SMILES string of the molecule is O=C(Nc1ccc2c(c1)N(CC(=O)N1CCCCC1)C(=O)CO2)c1ccc(F)cc1. The molecule has 2 aliphatic rings. The Bertz CT molecular complexity index is 971. The lowest BCUT2D eigenvalue weighted by molar-refractivity contribution is -0.132. The topological polar surface area (TPSA) is 79.0 Å². The standard InChI is InChI=1S/C22H22FN3O4/c23-16-6-4-15(5-7-16)22(29)24-17-8-9-19-18(12-17)26(21(28)14-30-19)13-20(27)25-10-2-1-3-11-25/h4-9,12H,1-3,10-11,13-14H2,(H,24,29). The average molecular weight is 411 g/mol. The van der Waals surface area contributed by atoms with Crippen molar-refractivity contribution in [1.29, 1.82) is 0 Å². The molecule has 2 aromatic rings. The number of anilines is 2. The fraction of sp³-hybridized carbons (Fsp3) is 0.318. The molecular weight excluding hydrogens is 389 g/mol. The Morgan fingerprint density at radius 1 is 1.03 bits per heavy atom. The Labute approximate surface area is 173 Å². The molecule has 7 nitrogen and oxygen atoms in total. The number of fused-ring (bicyclic) bond motifs is 1. The summed E-state index contributed by atoms with van der Waals surface area (Å²) >= 11 is 0. The molecule has 1 saturated heterocycles. The van der Waals surface area contributed by atoms with Gasteiger partial charge in [0.1, 0.15) is 18.1 Å². The fourth-order valence-corrected chi connectivity index (χ4v) is 3.64. The summed E-state index contributed by atoms with van der Waals surface area (Å²) in [6.45, 7) is 1.21. The first-order valence-electron chi connectivity index (χ1n) is 9.93. The molecule has 0 atom stereocenters. The minimum Gasteiger partial charge on any atom is -0.482 e. The maximum Gasteiger partial charge on any atom is 0.265 e. The number of nitrogens with one attached hydrogen (secondary N) is 1. The van der Waals surface area contributed by atoms with Crippen LogP contribution in [0.1, 0.15) is 29.6 Å². The number of hydrogen-bond donors (Lipinski definition) is 1. The van der Waals surface area contributed by atoms with Gasteiger partial charge in [-0.2, -0.15) is 0 Å². The summed E-state index contributed by atoms with van der Waals surface area (Å²) in [5.41, 5.74) is 1.18. The minimum atomic E-state index is -0.426. The lowest BCUT2D eigenvalue weighted by atomic mass is 10.1. The van der Waals surface area contributed by atoms with E-state index in [4.69, 9.17) is 4.74 Å². The Kier molecular flexibility index (Phi) is 5.65. The normalized spacial score (nSPS) is 16.0. The number of likely N-dealkylation sites (tertiary alicyclic amines) is 1. The van der Waals surface area contributed by atoms with Gasteiger partial charge in [-0.05, 0) is 61.7 Å². The molecule has 1 fully saturated rings. The van der Waals surface area contributed by atoms with E-state index in [2.05, 4.69) is 5.32 Å². The largest absolute Gasteiger partial charge is 0.482 e. The maximum absolute atomic E-state index is 13.1. The van der Waals surface area contributed by atoms with Crippen molar-refractivity contribution in [2.45, 2.75) is 19.3 Å². The van der Waals surface area contributed by atoms with E-state index in [1.807, 2.05) is 0 Å². The van der Waals surface area contributed by atoms with Crippen LogP contribution in [0.4, 0.5) is 15.8 Å². The van der Waals surface area contributed by atoms with Crippen LogP contribution in [0.2, 0.25) is 0 Å². The third-order valence-corrected chi connectivity index (χ3v) is 5.27. The molecular formula is C22H22FN3O4. The molecule has 3 amide bonds. The smallest absolute Gasteiger partial charge is 0.265 e. The van der Waals surface area contributed by atoms with E-state index in [1.54, 1.807) is 23.1 Å². The minimum absolute atomic E-state index is 0.0649. The molecule has 0 aliphatic carbocycles. The van der Waals surface area contributed by atoms with Gasteiger partial charge >= 0.3 is 0 Å². The van der Waals surface area contributed by atoms with E-state index < -0.39 is 11.7 Å². The monoisotopic (exact) mass is 411 g/mol. The Hall–Kier alpha value is -3.42. The van der Waals surface area contributed by atoms with Crippen LogP contribution in [-0.2, 0) is 9.59 Å². The molecule has 0 radical (unpaired) electrons. The molecule has 0 aromatic heterocycles. The first kappa shape index (κ1) is 19.9. The molecule has 1 N–H and O–H groups in total. The summed E-state index contributed by atoms with van der Waals surface area (Å²) in [7, 11) is 0.